The molecule has 1 amide bonds. The number of carbonyl (C=O) groups excluding carboxylic acids is 1. The SMILES string of the molecule is CCC1CCN(C(CN)CC(=O)NC(C)(C)C)CC1. The predicted octanol–water partition coefficient (Wildman–Crippen LogP) is 1.74. The number of rotatable bonds is 5. The van der Waals surface area contributed by atoms with E-state index in [0.29, 0.717) is 13.0 Å². The molecule has 0 spiro atoms. The normalized spacial score (nSPS) is 20.3. The lowest BCUT2D eigenvalue weighted by Gasteiger charge is -2.37. The van der Waals surface area contributed by atoms with E-state index in [1.807, 2.05) is 20.8 Å². The highest BCUT2D eigenvalue weighted by molar-refractivity contribution is 5.77. The largest absolute Gasteiger partial charge is 0.351 e. The van der Waals surface area contributed by atoms with Gasteiger partial charge in [-0.05, 0) is 52.6 Å². The van der Waals surface area contributed by atoms with Crippen molar-refractivity contribution in [1.82, 2.24) is 10.2 Å². The van der Waals surface area contributed by atoms with Gasteiger partial charge in [0.15, 0.2) is 0 Å². The van der Waals surface area contributed by atoms with Gasteiger partial charge in [0.25, 0.3) is 0 Å². The molecule has 1 fully saturated rings. The first-order valence-electron chi connectivity index (χ1n) is 7.60. The smallest absolute Gasteiger partial charge is 0.222 e. The lowest BCUT2D eigenvalue weighted by atomic mass is 9.93. The molecule has 1 heterocycles. The Kier molecular flexibility index (Phi) is 6.27. The fraction of sp³-hybridized carbons (Fsp3) is 0.933. The highest BCUT2D eigenvalue weighted by atomic mass is 16.1. The first-order chi connectivity index (χ1) is 8.85. The number of nitrogens with zero attached hydrogens (tertiary/aromatic N) is 1. The summed E-state index contributed by atoms with van der Waals surface area (Å²) in [4.78, 5) is 14.4. The summed E-state index contributed by atoms with van der Waals surface area (Å²) in [5.41, 5.74) is 5.70. The van der Waals surface area contributed by atoms with Crippen LogP contribution in [0, 0.1) is 5.92 Å². The van der Waals surface area contributed by atoms with Crippen LogP contribution in [-0.2, 0) is 4.79 Å². The van der Waals surface area contributed by atoms with Crippen LogP contribution in [0.25, 0.3) is 0 Å². The molecule has 1 aliphatic heterocycles. The maximum Gasteiger partial charge on any atom is 0.222 e. The van der Waals surface area contributed by atoms with Crippen LogP contribution in [0.3, 0.4) is 0 Å². The monoisotopic (exact) mass is 269 g/mol. The standard InChI is InChI=1S/C15H31N3O/c1-5-12-6-8-18(9-7-12)13(11-16)10-14(19)17-15(2,3)4/h12-13H,5-11,16H2,1-4H3,(H,17,19). The molecule has 1 unspecified atom stereocenters. The highest BCUT2D eigenvalue weighted by Gasteiger charge is 2.26. The van der Waals surface area contributed by atoms with E-state index in [9.17, 15) is 4.79 Å². The lowest BCUT2D eigenvalue weighted by Crippen LogP contribution is -2.49. The van der Waals surface area contributed by atoms with E-state index < -0.39 is 0 Å². The third-order valence-corrected chi connectivity index (χ3v) is 3.95. The summed E-state index contributed by atoms with van der Waals surface area (Å²) < 4.78 is 0. The van der Waals surface area contributed by atoms with Gasteiger partial charge in [0.2, 0.25) is 5.91 Å². The van der Waals surface area contributed by atoms with Crippen molar-refractivity contribution in [1.29, 1.82) is 0 Å². The van der Waals surface area contributed by atoms with Gasteiger partial charge in [-0.25, -0.2) is 0 Å². The van der Waals surface area contributed by atoms with Gasteiger partial charge in [0, 0.05) is 24.5 Å². The minimum absolute atomic E-state index is 0.112. The van der Waals surface area contributed by atoms with Crippen LogP contribution >= 0.6 is 0 Å². The van der Waals surface area contributed by atoms with Gasteiger partial charge in [-0.15, -0.1) is 0 Å². The molecule has 1 aliphatic rings. The molecule has 0 aromatic rings. The number of piperidine rings is 1. The molecule has 0 bridgehead atoms. The molecule has 0 saturated carbocycles. The Morgan fingerprint density at radius 2 is 1.95 bits per heavy atom. The molecule has 3 N–H and O–H groups in total. The first kappa shape index (κ1) is 16.4. The molecule has 4 nitrogen and oxygen atoms in total. The minimum atomic E-state index is -0.161. The Bertz CT molecular complexity index is 278. The summed E-state index contributed by atoms with van der Waals surface area (Å²) in [6.45, 7) is 11.0. The summed E-state index contributed by atoms with van der Waals surface area (Å²) in [7, 11) is 0. The zero-order chi connectivity index (χ0) is 14.5. The summed E-state index contributed by atoms with van der Waals surface area (Å²) in [5, 5.41) is 3.02. The molecule has 4 heteroatoms. The van der Waals surface area contributed by atoms with Gasteiger partial charge in [0.05, 0.1) is 0 Å². The van der Waals surface area contributed by atoms with Crippen LogP contribution in [0.1, 0.15) is 53.4 Å². The van der Waals surface area contributed by atoms with Gasteiger partial charge in [0.1, 0.15) is 0 Å². The first-order valence-corrected chi connectivity index (χ1v) is 7.60. The van der Waals surface area contributed by atoms with Crippen molar-refractivity contribution < 1.29 is 4.79 Å². The van der Waals surface area contributed by atoms with Crippen LogP contribution in [0.15, 0.2) is 0 Å². The maximum absolute atomic E-state index is 12.0. The van der Waals surface area contributed by atoms with Crippen molar-refractivity contribution in [3.8, 4) is 0 Å². The van der Waals surface area contributed by atoms with E-state index in [1.165, 1.54) is 19.3 Å². The Hall–Kier alpha value is -0.610. The second kappa shape index (κ2) is 7.25. The second-order valence-corrected chi connectivity index (χ2v) is 6.78. The molecule has 1 atom stereocenters. The number of likely N-dealkylation sites (tertiary alicyclic amines) is 1. The molecule has 19 heavy (non-hydrogen) atoms. The fourth-order valence-corrected chi connectivity index (χ4v) is 2.77. The average Bonchev–Trinajstić information content (AvgIpc) is 2.34. The average molecular weight is 269 g/mol. The maximum atomic E-state index is 12.0. The number of hydrogen-bond acceptors (Lipinski definition) is 3. The van der Waals surface area contributed by atoms with Crippen LogP contribution in [0.4, 0.5) is 0 Å². The van der Waals surface area contributed by atoms with Gasteiger partial charge in [-0.2, -0.15) is 0 Å². The molecule has 0 aliphatic carbocycles. The van der Waals surface area contributed by atoms with E-state index in [4.69, 9.17) is 5.73 Å². The number of nitrogens with one attached hydrogen (secondary N) is 1. The zero-order valence-electron chi connectivity index (χ0n) is 13.0. The van der Waals surface area contributed by atoms with Gasteiger partial charge < -0.3 is 11.1 Å². The molecule has 112 valence electrons. The number of nitrogens with two attached hydrogens (primary N) is 1. The lowest BCUT2D eigenvalue weighted by molar-refractivity contribution is -0.123. The Labute approximate surface area is 118 Å². The van der Waals surface area contributed by atoms with Crippen molar-refractivity contribution in [2.45, 2.75) is 65.0 Å². The third kappa shape index (κ3) is 5.91. The minimum Gasteiger partial charge on any atom is -0.351 e. The van der Waals surface area contributed by atoms with Crippen molar-refractivity contribution in [2.75, 3.05) is 19.6 Å². The number of carbonyl (C=O) groups is 1. The van der Waals surface area contributed by atoms with E-state index in [-0.39, 0.29) is 17.5 Å². The number of amides is 1. The molecular weight excluding hydrogens is 238 g/mol. The van der Waals surface area contributed by atoms with E-state index in [0.717, 1.165) is 19.0 Å². The Balaban J connectivity index is 2.43. The highest BCUT2D eigenvalue weighted by Crippen LogP contribution is 2.22. The molecular formula is C15H31N3O. The predicted molar refractivity (Wildman–Crippen MR) is 79.9 cm³/mol. The summed E-state index contributed by atoms with van der Waals surface area (Å²) >= 11 is 0. The van der Waals surface area contributed by atoms with Gasteiger partial charge >= 0.3 is 0 Å². The molecule has 1 saturated heterocycles. The second-order valence-electron chi connectivity index (χ2n) is 6.78. The zero-order valence-corrected chi connectivity index (χ0v) is 13.0. The molecule has 0 radical (unpaired) electrons. The third-order valence-electron chi connectivity index (χ3n) is 3.95. The topological polar surface area (TPSA) is 58.4 Å². The van der Waals surface area contributed by atoms with Crippen molar-refractivity contribution in [3.63, 3.8) is 0 Å². The van der Waals surface area contributed by atoms with Gasteiger partial charge in [-0.1, -0.05) is 13.3 Å². The van der Waals surface area contributed by atoms with Crippen LogP contribution in [0.5, 0.6) is 0 Å². The van der Waals surface area contributed by atoms with Crippen molar-refractivity contribution in [2.24, 2.45) is 11.7 Å². The summed E-state index contributed by atoms with van der Waals surface area (Å²) in [5.74, 6) is 0.971. The quantitative estimate of drug-likeness (QED) is 0.799. The van der Waals surface area contributed by atoms with E-state index >= 15 is 0 Å². The molecule has 0 aromatic carbocycles. The van der Waals surface area contributed by atoms with Crippen molar-refractivity contribution >= 4 is 5.91 Å². The van der Waals surface area contributed by atoms with Crippen LogP contribution in [-0.4, -0.2) is 42.0 Å². The summed E-state index contributed by atoms with van der Waals surface area (Å²) in [6.07, 6.45) is 4.28. The van der Waals surface area contributed by atoms with Crippen LogP contribution < -0.4 is 11.1 Å². The fourth-order valence-electron chi connectivity index (χ4n) is 2.77. The number of hydrogen-bond donors (Lipinski definition) is 2. The van der Waals surface area contributed by atoms with Gasteiger partial charge in [-0.3, -0.25) is 9.69 Å². The Morgan fingerprint density at radius 3 is 2.37 bits per heavy atom. The van der Waals surface area contributed by atoms with Crippen LogP contribution in [0.2, 0.25) is 0 Å². The van der Waals surface area contributed by atoms with E-state index in [1.54, 1.807) is 0 Å². The van der Waals surface area contributed by atoms with Crippen molar-refractivity contribution in [3.05, 3.63) is 0 Å². The Morgan fingerprint density at radius 1 is 1.37 bits per heavy atom. The molecule has 0 aromatic heterocycles. The summed E-state index contributed by atoms with van der Waals surface area (Å²) in [6, 6.07) is 0.195. The van der Waals surface area contributed by atoms with E-state index in [2.05, 4.69) is 17.1 Å². The molecule has 1 rings (SSSR count).